The van der Waals surface area contributed by atoms with Crippen molar-refractivity contribution in [2.75, 3.05) is 33.4 Å². The Hall–Kier alpha value is -1.26. The van der Waals surface area contributed by atoms with Gasteiger partial charge in [0, 0.05) is 25.8 Å². The average Bonchev–Trinajstić information content (AvgIpc) is 2.39. The van der Waals surface area contributed by atoms with Gasteiger partial charge in [-0.1, -0.05) is 19.1 Å². The molecule has 1 N–H and O–H groups in total. The van der Waals surface area contributed by atoms with Gasteiger partial charge in [-0.25, -0.2) is 0 Å². The van der Waals surface area contributed by atoms with Crippen molar-refractivity contribution in [1.82, 2.24) is 4.90 Å². The molecule has 1 aromatic rings. The summed E-state index contributed by atoms with van der Waals surface area (Å²) in [5, 5.41) is 10.1. The second kappa shape index (κ2) is 7.95. The second-order valence-corrected chi connectivity index (χ2v) is 4.06. The first-order valence-corrected chi connectivity index (χ1v) is 6.37. The minimum Gasteiger partial charge on any atom is -0.504 e. The molecule has 102 valence electrons. The van der Waals surface area contributed by atoms with Gasteiger partial charge in [0.1, 0.15) is 0 Å². The van der Waals surface area contributed by atoms with Crippen LogP contribution in [0.4, 0.5) is 0 Å². The summed E-state index contributed by atoms with van der Waals surface area (Å²) in [5.41, 5.74) is 0.888. The molecule has 1 rings (SSSR count). The summed E-state index contributed by atoms with van der Waals surface area (Å²) in [7, 11) is 1.70. The van der Waals surface area contributed by atoms with Crippen LogP contribution in [0, 0.1) is 0 Å². The Labute approximate surface area is 109 Å². The topological polar surface area (TPSA) is 41.9 Å². The summed E-state index contributed by atoms with van der Waals surface area (Å²) in [6.07, 6.45) is 0. The summed E-state index contributed by atoms with van der Waals surface area (Å²) < 4.78 is 10.5. The van der Waals surface area contributed by atoms with Crippen LogP contribution in [-0.4, -0.2) is 43.4 Å². The molecule has 0 amide bonds. The Kier molecular flexibility index (Phi) is 6.54. The minimum absolute atomic E-state index is 0.246. The van der Waals surface area contributed by atoms with Gasteiger partial charge in [0.2, 0.25) is 0 Å². The number of benzene rings is 1. The van der Waals surface area contributed by atoms with E-state index in [-0.39, 0.29) is 5.75 Å². The summed E-state index contributed by atoms with van der Waals surface area (Å²) in [5.74, 6) is 0.799. The van der Waals surface area contributed by atoms with E-state index >= 15 is 0 Å². The summed E-state index contributed by atoms with van der Waals surface area (Å²) in [6.45, 7) is 7.72. The number of rotatable bonds is 8. The molecular formula is C14H23NO3. The molecule has 0 fully saturated rings. The van der Waals surface area contributed by atoms with Gasteiger partial charge in [0.25, 0.3) is 0 Å². The van der Waals surface area contributed by atoms with E-state index in [4.69, 9.17) is 9.47 Å². The van der Waals surface area contributed by atoms with Gasteiger partial charge in [-0.05, 0) is 19.5 Å². The molecule has 0 unspecified atom stereocenters. The van der Waals surface area contributed by atoms with Crippen LogP contribution in [0.15, 0.2) is 18.2 Å². The van der Waals surface area contributed by atoms with Gasteiger partial charge in [-0.2, -0.15) is 0 Å². The van der Waals surface area contributed by atoms with E-state index in [0.717, 1.165) is 18.7 Å². The number of aromatic hydroxyl groups is 1. The maximum atomic E-state index is 10.1. The van der Waals surface area contributed by atoms with Crippen LogP contribution < -0.4 is 4.74 Å². The van der Waals surface area contributed by atoms with Gasteiger partial charge in [-0.15, -0.1) is 0 Å². The van der Waals surface area contributed by atoms with Crippen molar-refractivity contribution in [3.63, 3.8) is 0 Å². The third kappa shape index (κ3) is 4.20. The average molecular weight is 253 g/mol. The highest BCUT2D eigenvalue weighted by molar-refractivity contribution is 5.45. The van der Waals surface area contributed by atoms with Crippen LogP contribution in [-0.2, 0) is 11.3 Å². The Morgan fingerprint density at radius 1 is 1.28 bits per heavy atom. The van der Waals surface area contributed by atoms with Gasteiger partial charge in [-0.3, -0.25) is 4.90 Å². The highest BCUT2D eigenvalue weighted by atomic mass is 16.5. The van der Waals surface area contributed by atoms with Crippen LogP contribution in [0.3, 0.4) is 0 Å². The summed E-state index contributed by atoms with van der Waals surface area (Å²) in [4.78, 5) is 2.22. The fraction of sp³-hybridized carbons (Fsp3) is 0.571. The largest absolute Gasteiger partial charge is 0.504 e. The number of hydrogen-bond acceptors (Lipinski definition) is 4. The van der Waals surface area contributed by atoms with Crippen LogP contribution in [0.5, 0.6) is 11.5 Å². The predicted octanol–water partition coefficient (Wildman–Crippen LogP) is 2.26. The fourth-order valence-corrected chi connectivity index (χ4v) is 1.78. The Morgan fingerprint density at radius 2 is 2.06 bits per heavy atom. The number of para-hydroxylation sites is 1. The number of likely N-dealkylation sites (N-methyl/N-ethyl adjacent to an activating group) is 1. The highest BCUT2D eigenvalue weighted by Gasteiger charge is 2.11. The third-order valence-corrected chi connectivity index (χ3v) is 2.84. The molecule has 0 aliphatic heterocycles. The van der Waals surface area contributed by atoms with E-state index in [1.807, 2.05) is 19.1 Å². The zero-order chi connectivity index (χ0) is 13.4. The van der Waals surface area contributed by atoms with Gasteiger partial charge < -0.3 is 14.6 Å². The smallest absolute Gasteiger partial charge is 0.162 e. The zero-order valence-corrected chi connectivity index (χ0v) is 11.5. The van der Waals surface area contributed by atoms with Crippen LogP contribution in [0.2, 0.25) is 0 Å². The van der Waals surface area contributed by atoms with E-state index in [9.17, 15) is 5.11 Å². The minimum atomic E-state index is 0.246. The molecule has 0 spiro atoms. The molecule has 4 heteroatoms. The molecule has 0 aliphatic rings. The second-order valence-electron chi connectivity index (χ2n) is 4.06. The first-order chi connectivity index (χ1) is 8.72. The summed E-state index contributed by atoms with van der Waals surface area (Å²) in [6, 6.07) is 5.62. The molecular weight excluding hydrogens is 230 g/mol. The first kappa shape index (κ1) is 14.8. The maximum absolute atomic E-state index is 10.1. The first-order valence-electron chi connectivity index (χ1n) is 6.37. The number of hydrogen-bond donors (Lipinski definition) is 1. The van der Waals surface area contributed by atoms with Crippen molar-refractivity contribution in [1.29, 1.82) is 0 Å². The van der Waals surface area contributed by atoms with E-state index < -0.39 is 0 Å². The third-order valence-electron chi connectivity index (χ3n) is 2.84. The van der Waals surface area contributed by atoms with E-state index in [2.05, 4.69) is 11.8 Å². The summed E-state index contributed by atoms with van der Waals surface area (Å²) >= 11 is 0. The molecule has 0 heterocycles. The number of nitrogens with zero attached hydrogens (tertiary/aromatic N) is 1. The Morgan fingerprint density at radius 3 is 2.67 bits per heavy atom. The molecule has 0 aromatic heterocycles. The lowest BCUT2D eigenvalue weighted by molar-refractivity contribution is 0.147. The molecule has 0 radical (unpaired) electrons. The van der Waals surface area contributed by atoms with Crippen LogP contribution >= 0.6 is 0 Å². The van der Waals surface area contributed by atoms with Crippen molar-refractivity contribution in [3.8, 4) is 11.5 Å². The quantitative estimate of drug-likeness (QED) is 0.771. The number of phenolic OH excluding ortho intramolecular Hbond substituents is 1. The normalized spacial score (nSPS) is 10.9. The van der Waals surface area contributed by atoms with Gasteiger partial charge in [0.05, 0.1) is 13.2 Å². The lowest BCUT2D eigenvalue weighted by Crippen LogP contribution is -2.26. The molecule has 0 saturated carbocycles. The molecule has 4 nitrogen and oxygen atoms in total. The fourth-order valence-electron chi connectivity index (χ4n) is 1.78. The molecule has 0 saturated heterocycles. The zero-order valence-electron chi connectivity index (χ0n) is 11.5. The van der Waals surface area contributed by atoms with E-state index in [0.29, 0.717) is 25.5 Å². The lowest BCUT2D eigenvalue weighted by atomic mass is 10.1. The van der Waals surface area contributed by atoms with Crippen molar-refractivity contribution < 1.29 is 14.6 Å². The Balaban J connectivity index is 2.73. The highest BCUT2D eigenvalue weighted by Crippen LogP contribution is 2.30. The number of methoxy groups -OCH3 is 1. The Bertz CT molecular complexity index is 355. The van der Waals surface area contributed by atoms with Crippen molar-refractivity contribution in [2.24, 2.45) is 0 Å². The van der Waals surface area contributed by atoms with Crippen molar-refractivity contribution in [2.45, 2.75) is 20.4 Å². The number of phenols is 1. The van der Waals surface area contributed by atoms with E-state index in [1.54, 1.807) is 13.2 Å². The van der Waals surface area contributed by atoms with Crippen LogP contribution in [0.25, 0.3) is 0 Å². The lowest BCUT2D eigenvalue weighted by Gasteiger charge is -2.21. The van der Waals surface area contributed by atoms with Crippen LogP contribution in [0.1, 0.15) is 19.4 Å². The molecule has 0 aliphatic carbocycles. The van der Waals surface area contributed by atoms with E-state index in [1.165, 1.54) is 0 Å². The number of ether oxygens (including phenoxy) is 2. The molecule has 1 aromatic carbocycles. The van der Waals surface area contributed by atoms with Crippen molar-refractivity contribution in [3.05, 3.63) is 23.8 Å². The molecule has 0 atom stereocenters. The predicted molar refractivity (Wildman–Crippen MR) is 72.1 cm³/mol. The standard InChI is InChI=1S/C14H23NO3/c1-4-15(9-10-17-3)11-12-7-6-8-13(14(12)16)18-5-2/h6-8,16H,4-5,9-11H2,1-3H3. The molecule has 18 heavy (non-hydrogen) atoms. The molecule has 0 bridgehead atoms. The van der Waals surface area contributed by atoms with Crippen molar-refractivity contribution >= 4 is 0 Å². The van der Waals surface area contributed by atoms with Gasteiger partial charge >= 0.3 is 0 Å². The monoisotopic (exact) mass is 253 g/mol. The maximum Gasteiger partial charge on any atom is 0.162 e. The van der Waals surface area contributed by atoms with Gasteiger partial charge in [0.15, 0.2) is 11.5 Å². The SMILES string of the molecule is CCOc1cccc(CN(CC)CCOC)c1O.